The van der Waals surface area contributed by atoms with E-state index in [1.54, 1.807) is 196 Å². The summed E-state index contributed by atoms with van der Waals surface area (Å²) in [5.74, 6) is -9.29. The van der Waals surface area contributed by atoms with Crippen LogP contribution >= 0.6 is 23.5 Å². The molecule has 107 heavy (non-hydrogen) atoms. The summed E-state index contributed by atoms with van der Waals surface area (Å²) in [5, 5.41) is 39.7. The van der Waals surface area contributed by atoms with Crippen LogP contribution in [-0.4, -0.2) is 80.6 Å². The molecule has 0 unspecified atom stereocenters. The van der Waals surface area contributed by atoms with E-state index >= 15 is 28.8 Å². The largest absolute Gasteiger partial charge is 0.459 e. The number of hydrogen-bond acceptors (Lipinski definition) is 22. The average Bonchev–Trinajstić information content (AvgIpc) is 1.51. The van der Waals surface area contributed by atoms with Crippen LogP contribution in [0.25, 0.3) is 23.3 Å². The molecule has 2 fully saturated rings. The number of benzene rings is 8. The number of ether oxygens (including phenoxy) is 6. The van der Waals surface area contributed by atoms with E-state index in [1.807, 2.05) is 24.3 Å². The highest BCUT2D eigenvalue weighted by atomic mass is 32.2. The minimum absolute atomic E-state index is 0.0615. The second kappa shape index (κ2) is 30.8. The zero-order chi connectivity index (χ0) is 75.0. The van der Waals surface area contributed by atoms with Gasteiger partial charge in [0.05, 0.1) is 11.4 Å². The molecule has 13 rings (SSSR count). The van der Waals surface area contributed by atoms with Crippen molar-refractivity contribution in [3.8, 4) is 35.4 Å². The number of fused-ring (bicyclic) bond motifs is 5. The van der Waals surface area contributed by atoms with E-state index in [2.05, 4.69) is 0 Å². The van der Waals surface area contributed by atoms with Crippen molar-refractivity contribution in [2.75, 3.05) is 13.1 Å². The van der Waals surface area contributed by atoms with Gasteiger partial charge in [-0.25, -0.2) is 9.98 Å². The Balaban J connectivity index is 1.12. The Kier molecular flexibility index (Phi) is 20.7. The van der Waals surface area contributed by atoms with Gasteiger partial charge < -0.3 is 28.4 Å². The first-order chi connectivity index (χ1) is 52.1. The smallest absolute Gasteiger partial charge is 0.334 e. The van der Waals surface area contributed by atoms with E-state index in [-0.39, 0.29) is 67.7 Å². The second-order valence-corrected chi connectivity index (χ2v) is 26.5. The highest BCUT2D eigenvalue weighted by Crippen LogP contribution is 2.59. The van der Waals surface area contributed by atoms with Crippen molar-refractivity contribution >= 4 is 93.4 Å². The zero-order valence-electron chi connectivity index (χ0n) is 57.1. The van der Waals surface area contributed by atoms with Gasteiger partial charge >= 0.3 is 35.8 Å². The van der Waals surface area contributed by atoms with E-state index in [4.69, 9.17) is 38.4 Å². The molecule has 526 valence electrons. The Morgan fingerprint density at radius 2 is 0.607 bits per heavy atom. The predicted molar refractivity (Wildman–Crippen MR) is 391 cm³/mol. The van der Waals surface area contributed by atoms with Gasteiger partial charge in [0.25, 0.3) is 11.8 Å². The summed E-state index contributed by atoms with van der Waals surface area (Å²) >= 11 is 1.27. The van der Waals surface area contributed by atoms with E-state index in [0.29, 0.717) is 56.9 Å². The first kappa shape index (κ1) is 71.9. The van der Waals surface area contributed by atoms with Crippen molar-refractivity contribution < 1.29 is 66.8 Å². The Labute approximate surface area is 621 Å². The van der Waals surface area contributed by atoms with Gasteiger partial charge in [-0.15, -0.1) is 0 Å². The summed E-state index contributed by atoms with van der Waals surface area (Å²) in [6.07, 6.45) is 2.58. The van der Waals surface area contributed by atoms with E-state index < -0.39 is 136 Å². The minimum atomic E-state index is -2.89. The number of carbonyl (C=O) groups excluding carboxylic acids is 8. The van der Waals surface area contributed by atoms with E-state index in [1.165, 1.54) is 36.4 Å². The third-order valence-corrected chi connectivity index (χ3v) is 20.6. The molecule has 0 radical (unpaired) electrons. The molecule has 3 aliphatic carbocycles. The molecule has 24 heteroatoms. The molecule has 8 aromatic carbocycles. The van der Waals surface area contributed by atoms with Gasteiger partial charge in [-0.2, -0.15) is 21.0 Å². The molecule has 8 aromatic rings. The highest BCUT2D eigenvalue weighted by molar-refractivity contribution is 8.20. The Morgan fingerprint density at radius 3 is 0.841 bits per heavy atom. The van der Waals surface area contributed by atoms with Gasteiger partial charge in [-0.1, -0.05) is 182 Å². The fourth-order valence-corrected chi connectivity index (χ4v) is 15.3. The van der Waals surface area contributed by atoms with Crippen molar-refractivity contribution in [1.29, 1.82) is 21.0 Å². The maximum absolute atomic E-state index is 16.5. The van der Waals surface area contributed by atoms with Crippen molar-refractivity contribution in [2.45, 2.75) is 69.7 Å². The van der Waals surface area contributed by atoms with Crippen molar-refractivity contribution in [2.24, 2.45) is 9.98 Å². The van der Waals surface area contributed by atoms with Crippen LogP contribution in [0.5, 0.6) is 0 Å². The minimum Gasteiger partial charge on any atom is -0.459 e. The number of nitrogens with zero attached hydrogens (tertiary/aromatic N) is 8. The number of aliphatic imine (C=N–C) groups is 2. The number of hydrogen-bond donors (Lipinski definition) is 0. The lowest BCUT2D eigenvalue weighted by Gasteiger charge is -2.30. The van der Waals surface area contributed by atoms with Crippen molar-refractivity contribution in [3.05, 3.63) is 306 Å². The molecule has 2 aliphatic heterocycles. The third-order valence-electron chi connectivity index (χ3n) is 18.4. The van der Waals surface area contributed by atoms with Crippen LogP contribution in [0, 0.1) is 45.3 Å². The summed E-state index contributed by atoms with van der Waals surface area (Å²) in [7, 11) is 0. The fourth-order valence-electron chi connectivity index (χ4n) is 13.2. The molecule has 5 aliphatic rings. The Morgan fingerprint density at radius 1 is 0.364 bits per heavy atom. The van der Waals surface area contributed by atoms with Gasteiger partial charge in [0.1, 0.15) is 74.0 Å². The topological polar surface area (TPSA) is 318 Å². The normalized spacial score (nSPS) is 15.8. The molecule has 0 bridgehead atoms. The van der Waals surface area contributed by atoms with Crippen molar-refractivity contribution in [3.63, 3.8) is 0 Å². The van der Waals surface area contributed by atoms with Gasteiger partial charge in [0, 0.05) is 13.1 Å². The van der Waals surface area contributed by atoms with Crippen LogP contribution in [0.2, 0.25) is 0 Å². The number of esters is 6. The highest BCUT2D eigenvalue weighted by Gasteiger charge is 2.65. The molecular weight excluding hydrogens is 1400 g/mol. The summed E-state index contributed by atoms with van der Waals surface area (Å²) in [6, 6.07) is 63.8. The summed E-state index contributed by atoms with van der Waals surface area (Å²) in [5.41, 5.74) is -8.89. The van der Waals surface area contributed by atoms with Crippen LogP contribution in [-0.2, 0) is 123 Å². The average molecular weight is 1460 g/mol. The number of thioether (sulfide) groups is 2. The van der Waals surface area contributed by atoms with Crippen LogP contribution < -0.4 is 0 Å². The lowest BCUT2D eigenvalue weighted by molar-refractivity contribution is -0.166. The van der Waals surface area contributed by atoms with Crippen LogP contribution in [0.3, 0.4) is 0 Å². The van der Waals surface area contributed by atoms with E-state index in [9.17, 15) is 30.6 Å². The van der Waals surface area contributed by atoms with Crippen LogP contribution in [0.15, 0.2) is 249 Å². The van der Waals surface area contributed by atoms with Gasteiger partial charge in [-0.3, -0.25) is 48.2 Å². The fraction of sp³-hybridized carbons (Fsp3) is 0.157. The van der Waals surface area contributed by atoms with Crippen molar-refractivity contribution in [1.82, 2.24) is 9.80 Å². The molecule has 0 N–H and O–H groups in total. The molecule has 2 saturated heterocycles. The molecular formula is C83H58N8O14S2. The lowest BCUT2D eigenvalue weighted by atomic mass is 9.74. The number of allylic oxidation sites excluding steroid dienone is 2. The van der Waals surface area contributed by atoms with Crippen LogP contribution in [0.4, 0.5) is 0 Å². The predicted octanol–water partition coefficient (Wildman–Crippen LogP) is 12.1. The molecule has 0 spiro atoms. The number of carbonyl (C=O) groups is 8. The standard InChI is InChI=1S/C83H58N8O14S2/c1-3-90-71(92)69(106-73(90)59(41-84)42-85)88-67-37-57-35-65-61(39-63(57)82(67,77(96)102-47-53-27-15-7-16-28-53)78(97)103-48-54-29-17-8-18-30-54)62-40-64-58(36-66(62)81(65,75(94)100-45-51-23-11-5-12-24-51)76(95)101-46-52-25-13-6-14-26-52)38-68(89-70-72(93)91(4-2)74(107-70)60(43-86)44-87)83(64,79(98)104-49-55-31-19-9-20-32-55)80(99)105-50-56-33-21-10-22-34-56/h5-40H,3-4,45-50H2,1-2H3. The molecule has 0 atom stereocenters. The number of nitriles is 4. The van der Waals surface area contributed by atoms with E-state index in [0.717, 1.165) is 9.80 Å². The molecule has 2 amide bonds. The monoisotopic (exact) mass is 1450 g/mol. The maximum atomic E-state index is 16.5. The molecule has 0 aromatic heterocycles. The Bertz CT molecular complexity index is 4910. The first-order valence-corrected chi connectivity index (χ1v) is 35.1. The number of rotatable bonds is 22. The SMILES string of the molecule is CCN1C(=O)C(=NC2=Cc3cc4c(cc3C2(C(=O)OCc2ccccc2)C(=O)OCc2ccccc2)-c2cc3c(cc2C4(C(=O)OCc2ccccc2)C(=O)OCc2ccccc2)C=C(N=C2SC(=C(C#N)C#N)N(CC)C2=O)C3(C(=O)OCc2ccccc2)C(=O)OCc2ccccc2)SC1=C(C#N)C#N. The number of amides is 2. The quantitative estimate of drug-likeness (QED) is 0.0263. The zero-order valence-corrected chi connectivity index (χ0v) is 58.7. The molecule has 0 saturated carbocycles. The summed E-state index contributed by atoms with van der Waals surface area (Å²) < 4.78 is 37.7. The lowest BCUT2D eigenvalue weighted by Crippen LogP contribution is -2.47. The third kappa shape index (κ3) is 13.1. The second-order valence-electron chi connectivity index (χ2n) is 24.6. The van der Waals surface area contributed by atoms with Gasteiger partial charge in [-0.05, 0) is 152 Å². The molecule has 22 nitrogen and oxygen atoms in total. The summed E-state index contributed by atoms with van der Waals surface area (Å²) in [4.78, 5) is 139. The summed E-state index contributed by atoms with van der Waals surface area (Å²) in [6.45, 7) is 0.403. The van der Waals surface area contributed by atoms with Crippen LogP contribution in [0.1, 0.15) is 80.6 Å². The van der Waals surface area contributed by atoms with Gasteiger partial charge in [0.15, 0.2) is 21.2 Å². The molecule has 2 heterocycles. The Hall–Kier alpha value is -13.5. The first-order valence-electron chi connectivity index (χ1n) is 33.4. The van der Waals surface area contributed by atoms with Gasteiger partial charge in [0.2, 0.25) is 16.2 Å². The maximum Gasteiger partial charge on any atom is 0.334 e.